The quantitative estimate of drug-likeness (QED) is 0.769. The van der Waals surface area contributed by atoms with Crippen LogP contribution in [0, 0.1) is 0 Å². The lowest BCUT2D eigenvalue weighted by Crippen LogP contribution is -1.92. The average molecular weight is 242 g/mol. The van der Waals surface area contributed by atoms with Gasteiger partial charge in [0, 0.05) is 10.9 Å². The Morgan fingerprint density at radius 3 is 2.87 bits per heavy atom. The predicted octanol–water partition coefficient (Wildman–Crippen LogP) is 2.96. The molecule has 0 radical (unpaired) electrons. The molecule has 3 nitrogen and oxygen atoms in total. The summed E-state index contributed by atoms with van der Waals surface area (Å²) >= 11 is 1.58. The van der Waals surface area contributed by atoms with Gasteiger partial charge in [0.2, 0.25) is 6.79 Å². The molecule has 0 aliphatic carbocycles. The van der Waals surface area contributed by atoms with Gasteiger partial charge < -0.3 is 9.47 Å². The van der Waals surface area contributed by atoms with E-state index < -0.39 is 0 Å². The SMILES string of the molecule is Cl.c1nc(-c2ccc3c(c2)OCO3)cs1. The van der Waals surface area contributed by atoms with Gasteiger partial charge in [0.25, 0.3) is 0 Å². The second-order valence-electron chi connectivity index (χ2n) is 2.94. The van der Waals surface area contributed by atoms with E-state index in [1.54, 1.807) is 11.3 Å². The van der Waals surface area contributed by atoms with Gasteiger partial charge in [-0.1, -0.05) is 0 Å². The maximum absolute atomic E-state index is 5.29. The number of hydrogen-bond acceptors (Lipinski definition) is 4. The molecule has 0 unspecified atom stereocenters. The summed E-state index contributed by atoms with van der Waals surface area (Å²) < 4.78 is 10.5. The van der Waals surface area contributed by atoms with Crippen molar-refractivity contribution in [1.29, 1.82) is 0 Å². The molecule has 2 aromatic rings. The smallest absolute Gasteiger partial charge is 0.231 e. The number of rotatable bonds is 1. The Hall–Kier alpha value is -1.26. The van der Waals surface area contributed by atoms with Crippen molar-refractivity contribution in [3.8, 4) is 22.8 Å². The fraction of sp³-hybridized carbons (Fsp3) is 0.100. The number of fused-ring (bicyclic) bond motifs is 1. The molecule has 5 heteroatoms. The summed E-state index contributed by atoms with van der Waals surface area (Å²) in [6.45, 7) is 0.315. The molecule has 0 bridgehead atoms. The van der Waals surface area contributed by atoms with E-state index in [9.17, 15) is 0 Å². The molecule has 1 aliphatic heterocycles. The van der Waals surface area contributed by atoms with Gasteiger partial charge in [-0.3, -0.25) is 0 Å². The Bertz CT molecular complexity index is 458. The first kappa shape index (κ1) is 10.3. The highest BCUT2D eigenvalue weighted by molar-refractivity contribution is 7.07. The molecule has 1 aliphatic rings. The van der Waals surface area contributed by atoms with Gasteiger partial charge in [0.15, 0.2) is 11.5 Å². The third-order valence-corrected chi connectivity index (χ3v) is 2.69. The van der Waals surface area contributed by atoms with E-state index in [2.05, 4.69) is 4.98 Å². The number of benzene rings is 1. The minimum absolute atomic E-state index is 0. The van der Waals surface area contributed by atoms with Gasteiger partial charge in [-0.25, -0.2) is 4.98 Å². The first-order valence-electron chi connectivity index (χ1n) is 4.22. The summed E-state index contributed by atoms with van der Waals surface area (Å²) in [5, 5.41) is 2.01. The Labute approximate surface area is 97.1 Å². The highest BCUT2D eigenvalue weighted by Crippen LogP contribution is 2.35. The first-order chi connectivity index (χ1) is 6.93. The minimum Gasteiger partial charge on any atom is -0.454 e. The van der Waals surface area contributed by atoms with Crippen molar-refractivity contribution < 1.29 is 9.47 Å². The molecular weight excluding hydrogens is 234 g/mol. The molecule has 78 valence electrons. The molecule has 3 rings (SSSR count). The van der Waals surface area contributed by atoms with Gasteiger partial charge in [0.05, 0.1) is 11.2 Å². The second-order valence-corrected chi connectivity index (χ2v) is 3.66. The van der Waals surface area contributed by atoms with Crippen molar-refractivity contribution in [1.82, 2.24) is 4.98 Å². The molecule has 0 N–H and O–H groups in total. The van der Waals surface area contributed by atoms with Crippen molar-refractivity contribution in [2.75, 3.05) is 6.79 Å². The summed E-state index contributed by atoms with van der Waals surface area (Å²) in [5.74, 6) is 1.61. The van der Waals surface area contributed by atoms with Crippen LogP contribution in [0.25, 0.3) is 11.3 Å². The van der Waals surface area contributed by atoms with E-state index in [4.69, 9.17) is 9.47 Å². The van der Waals surface area contributed by atoms with E-state index >= 15 is 0 Å². The van der Waals surface area contributed by atoms with Crippen LogP contribution in [0.15, 0.2) is 29.1 Å². The van der Waals surface area contributed by atoms with E-state index in [1.807, 2.05) is 29.1 Å². The Morgan fingerprint density at radius 1 is 1.20 bits per heavy atom. The summed E-state index contributed by atoms with van der Waals surface area (Å²) in [7, 11) is 0. The Balaban J connectivity index is 0.000000853. The van der Waals surface area contributed by atoms with Gasteiger partial charge in [0.1, 0.15) is 0 Å². The molecule has 0 amide bonds. The van der Waals surface area contributed by atoms with Gasteiger partial charge in [-0.2, -0.15) is 0 Å². The van der Waals surface area contributed by atoms with E-state index in [1.165, 1.54) is 0 Å². The van der Waals surface area contributed by atoms with Gasteiger partial charge >= 0.3 is 0 Å². The summed E-state index contributed by atoms with van der Waals surface area (Å²) in [4.78, 5) is 4.23. The van der Waals surface area contributed by atoms with Gasteiger partial charge in [-0.15, -0.1) is 23.7 Å². The first-order valence-corrected chi connectivity index (χ1v) is 5.16. The van der Waals surface area contributed by atoms with Crippen LogP contribution in [0.4, 0.5) is 0 Å². The van der Waals surface area contributed by atoms with E-state index in [0.717, 1.165) is 22.8 Å². The van der Waals surface area contributed by atoms with Crippen molar-refractivity contribution >= 4 is 23.7 Å². The number of nitrogens with zero attached hydrogens (tertiary/aromatic N) is 1. The molecular formula is C10H8ClNO2S. The van der Waals surface area contributed by atoms with Crippen LogP contribution >= 0.6 is 23.7 Å². The maximum atomic E-state index is 5.29. The lowest BCUT2D eigenvalue weighted by molar-refractivity contribution is 0.174. The number of halogens is 1. The largest absolute Gasteiger partial charge is 0.454 e. The molecule has 0 saturated carbocycles. The number of ether oxygens (including phenoxy) is 2. The zero-order chi connectivity index (χ0) is 9.38. The highest BCUT2D eigenvalue weighted by atomic mass is 35.5. The molecule has 15 heavy (non-hydrogen) atoms. The topological polar surface area (TPSA) is 31.4 Å². The number of aromatic nitrogens is 1. The minimum atomic E-state index is 0. The Kier molecular flexibility index (Phi) is 2.79. The van der Waals surface area contributed by atoms with E-state index in [-0.39, 0.29) is 12.4 Å². The van der Waals surface area contributed by atoms with E-state index in [0.29, 0.717) is 6.79 Å². The van der Waals surface area contributed by atoms with Gasteiger partial charge in [-0.05, 0) is 18.2 Å². The third kappa shape index (κ3) is 1.78. The highest BCUT2D eigenvalue weighted by Gasteiger charge is 2.13. The molecule has 1 aromatic carbocycles. The van der Waals surface area contributed by atoms with Crippen molar-refractivity contribution in [3.05, 3.63) is 29.1 Å². The molecule has 2 heterocycles. The number of hydrogen-bond donors (Lipinski definition) is 0. The van der Waals surface area contributed by atoms with Crippen LogP contribution in [-0.4, -0.2) is 11.8 Å². The molecule has 0 atom stereocenters. The molecule has 1 aromatic heterocycles. The van der Waals surface area contributed by atoms with Crippen LogP contribution in [0.5, 0.6) is 11.5 Å². The Morgan fingerprint density at radius 2 is 2.07 bits per heavy atom. The predicted molar refractivity (Wildman–Crippen MR) is 60.9 cm³/mol. The lowest BCUT2D eigenvalue weighted by atomic mass is 10.1. The van der Waals surface area contributed by atoms with Crippen molar-refractivity contribution in [2.45, 2.75) is 0 Å². The maximum Gasteiger partial charge on any atom is 0.231 e. The molecule has 0 fully saturated rings. The zero-order valence-corrected chi connectivity index (χ0v) is 9.31. The van der Waals surface area contributed by atoms with Crippen LogP contribution < -0.4 is 9.47 Å². The normalized spacial score (nSPS) is 12.3. The van der Waals surface area contributed by atoms with Crippen molar-refractivity contribution in [2.24, 2.45) is 0 Å². The van der Waals surface area contributed by atoms with Crippen LogP contribution in [0.1, 0.15) is 0 Å². The second kappa shape index (κ2) is 4.08. The lowest BCUT2D eigenvalue weighted by Gasteiger charge is -1.98. The molecule has 0 spiro atoms. The van der Waals surface area contributed by atoms with Crippen LogP contribution in [0.3, 0.4) is 0 Å². The van der Waals surface area contributed by atoms with Crippen molar-refractivity contribution in [3.63, 3.8) is 0 Å². The zero-order valence-electron chi connectivity index (χ0n) is 7.67. The summed E-state index contributed by atoms with van der Waals surface area (Å²) in [6, 6.07) is 5.86. The number of thiazole rings is 1. The third-order valence-electron chi connectivity index (χ3n) is 2.10. The average Bonchev–Trinajstić information content (AvgIpc) is 2.88. The molecule has 0 saturated heterocycles. The fourth-order valence-electron chi connectivity index (χ4n) is 1.41. The van der Waals surface area contributed by atoms with Crippen LogP contribution in [-0.2, 0) is 0 Å². The summed E-state index contributed by atoms with van der Waals surface area (Å²) in [5.41, 5.74) is 3.86. The summed E-state index contributed by atoms with van der Waals surface area (Å²) in [6.07, 6.45) is 0. The standard InChI is InChI=1S/C10H7NO2S.ClH/c1-2-9-10(13-6-12-9)3-7(1)8-4-14-5-11-8;/h1-5H,6H2;1H. The monoisotopic (exact) mass is 241 g/mol. The van der Waals surface area contributed by atoms with Crippen LogP contribution in [0.2, 0.25) is 0 Å². The fourth-order valence-corrected chi connectivity index (χ4v) is 1.97.